The molecule has 2 amide bonds. The van der Waals surface area contributed by atoms with Crippen LogP contribution in [0.3, 0.4) is 0 Å². The number of hydrogen-bond donors (Lipinski definition) is 2. The van der Waals surface area contributed by atoms with Crippen molar-refractivity contribution in [3.63, 3.8) is 0 Å². The lowest BCUT2D eigenvalue weighted by atomic mass is 10.2. The lowest BCUT2D eigenvalue weighted by Gasteiger charge is -2.15. The molecule has 0 bridgehead atoms. The molecule has 0 saturated heterocycles. The van der Waals surface area contributed by atoms with Crippen molar-refractivity contribution < 1.29 is 9.59 Å². The smallest absolute Gasteiger partial charge is 0.251 e. The molecule has 0 aliphatic carbocycles. The number of nitrogens with one attached hydrogen (secondary N) is 2. The van der Waals surface area contributed by atoms with Gasteiger partial charge in [0.25, 0.3) is 11.8 Å². The van der Waals surface area contributed by atoms with E-state index in [1.165, 1.54) is 0 Å². The second kappa shape index (κ2) is 7.99. The Morgan fingerprint density at radius 3 is 1.78 bits per heavy atom. The minimum absolute atomic E-state index is 0.213. The molecule has 23 heavy (non-hydrogen) atoms. The summed E-state index contributed by atoms with van der Waals surface area (Å²) in [5.41, 5.74) is 1.04. The standard InChI is InChI=1S/C17H16Cl2N2O2/c1-11(21-17(23)13-4-8-15(19)9-5-13)10-20-16(22)12-2-6-14(18)7-3-12/h2-9,11H,10H2,1H3,(H,20,22)(H,21,23)/t11-/m1/s1. The number of carbonyl (C=O) groups excluding carboxylic acids is 2. The number of hydrogen-bond acceptors (Lipinski definition) is 2. The van der Waals surface area contributed by atoms with Crippen molar-refractivity contribution in [2.24, 2.45) is 0 Å². The molecule has 0 radical (unpaired) electrons. The largest absolute Gasteiger partial charge is 0.350 e. The molecular formula is C17H16Cl2N2O2. The average molecular weight is 351 g/mol. The molecule has 120 valence electrons. The van der Waals surface area contributed by atoms with E-state index >= 15 is 0 Å². The van der Waals surface area contributed by atoms with Gasteiger partial charge in [0, 0.05) is 33.8 Å². The number of amides is 2. The summed E-state index contributed by atoms with van der Waals surface area (Å²) in [6.07, 6.45) is 0. The third-order valence-corrected chi connectivity index (χ3v) is 3.66. The summed E-state index contributed by atoms with van der Waals surface area (Å²) in [4.78, 5) is 24.0. The monoisotopic (exact) mass is 350 g/mol. The van der Waals surface area contributed by atoms with Crippen LogP contribution >= 0.6 is 23.2 Å². The predicted octanol–water partition coefficient (Wildman–Crippen LogP) is 3.54. The lowest BCUT2D eigenvalue weighted by molar-refractivity contribution is 0.0912. The predicted molar refractivity (Wildman–Crippen MR) is 92.2 cm³/mol. The van der Waals surface area contributed by atoms with Crippen molar-refractivity contribution in [3.05, 3.63) is 69.7 Å². The Morgan fingerprint density at radius 1 is 0.870 bits per heavy atom. The van der Waals surface area contributed by atoms with Crippen molar-refractivity contribution in [1.29, 1.82) is 0 Å². The minimum Gasteiger partial charge on any atom is -0.350 e. The van der Waals surface area contributed by atoms with Crippen LogP contribution in [0.2, 0.25) is 10.0 Å². The normalized spacial score (nSPS) is 11.6. The molecule has 2 rings (SSSR count). The van der Waals surface area contributed by atoms with Crippen LogP contribution in [0.25, 0.3) is 0 Å². The van der Waals surface area contributed by atoms with Crippen molar-refractivity contribution in [3.8, 4) is 0 Å². The van der Waals surface area contributed by atoms with E-state index in [2.05, 4.69) is 10.6 Å². The number of carbonyl (C=O) groups is 2. The highest BCUT2D eigenvalue weighted by Gasteiger charge is 2.11. The molecule has 4 nitrogen and oxygen atoms in total. The fourth-order valence-electron chi connectivity index (χ4n) is 1.91. The van der Waals surface area contributed by atoms with Gasteiger partial charge >= 0.3 is 0 Å². The van der Waals surface area contributed by atoms with Gasteiger partial charge in [0.05, 0.1) is 0 Å². The topological polar surface area (TPSA) is 58.2 Å². The van der Waals surface area contributed by atoms with E-state index in [1.807, 2.05) is 6.92 Å². The minimum atomic E-state index is -0.214. The van der Waals surface area contributed by atoms with Crippen LogP contribution < -0.4 is 10.6 Å². The third-order valence-electron chi connectivity index (χ3n) is 3.16. The SMILES string of the molecule is C[C@H](CNC(=O)c1ccc(Cl)cc1)NC(=O)c1ccc(Cl)cc1. The number of benzene rings is 2. The highest BCUT2D eigenvalue weighted by Crippen LogP contribution is 2.10. The highest BCUT2D eigenvalue weighted by atomic mass is 35.5. The van der Waals surface area contributed by atoms with Crippen LogP contribution in [0.5, 0.6) is 0 Å². The van der Waals surface area contributed by atoms with Crippen LogP contribution in [0.4, 0.5) is 0 Å². The Kier molecular flexibility index (Phi) is 6.02. The van der Waals surface area contributed by atoms with Crippen LogP contribution in [0.15, 0.2) is 48.5 Å². The molecule has 0 unspecified atom stereocenters. The van der Waals surface area contributed by atoms with Crippen molar-refractivity contribution in [1.82, 2.24) is 10.6 Å². The first-order chi connectivity index (χ1) is 11.0. The zero-order chi connectivity index (χ0) is 16.8. The molecule has 2 N–H and O–H groups in total. The van der Waals surface area contributed by atoms with Crippen LogP contribution in [0, 0.1) is 0 Å². The van der Waals surface area contributed by atoms with Crippen LogP contribution in [-0.4, -0.2) is 24.4 Å². The van der Waals surface area contributed by atoms with Gasteiger partial charge in [-0.25, -0.2) is 0 Å². The Bertz CT molecular complexity index is 685. The van der Waals surface area contributed by atoms with Gasteiger partial charge in [-0.3, -0.25) is 9.59 Å². The Balaban J connectivity index is 1.83. The van der Waals surface area contributed by atoms with E-state index < -0.39 is 0 Å². The number of halogens is 2. The zero-order valence-electron chi connectivity index (χ0n) is 12.5. The summed E-state index contributed by atoms with van der Waals surface area (Å²) < 4.78 is 0. The highest BCUT2D eigenvalue weighted by molar-refractivity contribution is 6.31. The van der Waals surface area contributed by atoms with Gasteiger partial charge < -0.3 is 10.6 Å². The first-order valence-electron chi connectivity index (χ1n) is 7.06. The molecular weight excluding hydrogens is 335 g/mol. The molecule has 2 aromatic rings. The number of rotatable bonds is 5. The molecule has 6 heteroatoms. The molecule has 0 heterocycles. The Labute approximate surface area is 144 Å². The fourth-order valence-corrected chi connectivity index (χ4v) is 2.16. The van der Waals surface area contributed by atoms with Gasteiger partial charge in [0.15, 0.2) is 0 Å². The summed E-state index contributed by atoms with van der Waals surface area (Å²) in [5.74, 6) is -0.427. The average Bonchev–Trinajstić information content (AvgIpc) is 2.54. The van der Waals surface area contributed by atoms with Gasteiger partial charge in [-0.2, -0.15) is 0 Å². The Morgan fingerprint density at radius 2 is 1.30 bits per heavy atom. The van der Waals surface area contributed by atoms with Crippen LogP contribution in [-0.2, 0) is 0 Å². The van der Waals surface area contributed by atoms with Gasteiger partial charge in [0.1, 0.15) is 0 Å². The van der Waals surface area contributed by atoms with Gasteiger partial charge in [-0.05, 0) is 55.5 Å². The lowest BCUT2D eigenvalue weighted by Crippen LogP contribution is -2.41. The fraction of sp³-hybridized carbons (Fsp3) is 0.176. The van der Waals surface area contributed by atoms with Gasteiger partial charge in [0.2, 0.25) is 0 Å². The van der Waals surface area contributed by atoms with Crippen molar-refractivity contribution in [2.45, 2.75) is 13.0 Å². The second-order valence-corrected chi connectivity index (χ2v) is 5.97. The summed E-state index contributed by atoms with van der Waals surface area (Å²) in [7, 11) is 0. The van der Waals surface area contributed by atoms with Crippen molar-refractivity contribution >= 4 is 35.0 Å². The van der Waals surface area contributed by atoms with Gasteiger partial charge in [-0.15, -0.1) is 0 Å². The van der Waals surface area contributed by atoms with E-state index in [4.69, 9.17) is 23.2 Å². The maximum absolute atomic E-state index is 12.0. The van der Waals surface area contributed by atoms with E-state index in [0.29, 0.717) is 27.7 Å². The maximum atomic E-state index is 12.0. The van der Waals surface area contributed by atoms with Gasteiger partial charge in [-0.1, -0.05) is 23.2 Å². The zero-order valence-corrected chi connectivity index (χ0v) is 14.0. The summed E-state index contributed by atoms with van der Waals surface area (Å²) in [6, 6.07) is 13.0. The summed E-state index contributed by atoms with van der Waals surface area (Å²) in [6.45, 7) is 2.14. The maximum Gasteiger partial charge on any atom is 0.251 e. The third kappa shape index (κ3) is 5.27. The first-order valence-corrected chi connectivity index (χ1v) is 7.81. The summed E-state index contributed by atoms with van der Waals surface area (Å²) >= 11 is 11.6. The van der Waals surface area contributed by atoms with E-state index in [0.717, 1.165) is 0 Å². The molecule has 0 saturated carbocycles. The van der Waals surface area contributed by atoms with Crippen molar-refractivity contribution in [2.75, 3.05) is 6.54 Å². The van der Waals surface area contributed by atoms with E-state index in [-0.39, 0.29) is 17.9 Å². The van der Waals surface area contributed by atoms with Crippen LogP contribution in [0.1, 0.15) is 27.6 Å². The molecule has 0 fully saturated rings. The first kappa shape index (κ1) is 17.3. The van der Waals surface area contributed by atoms with E-state index in [9.17, 15) is 9.59 Å². The molecule has 0 aromatic heterocycles. The quantitative estimate of drug-likeness (QED) is 0.866. The molecule has 1 atom stereocenters. The Hall–Kier alpha value is -2.04. The second-order valence-electron chi connectivity index (χ2n) is 5.10. The molecule has 0 aliphatic heterocycles. The molecule has 0 spiro atoms. The molecule has 2 aromatic carbocycles. The summed E-state index contributed by atoms with van der Waals surface area (Å²) in [5, 5.41) is 6.73. The molecule has 0 aliphatic rings. The van der Waals surface area contributed by atoms with E-state index in [1.54, 1.807) is 48.5 Å².